The van der Waals surface area contributed by atoms with Crippen LogP contribution in [-0.2, 0) is 14.4 Å². The lowest BCUT2D eigenvalue weighted by Crippen LogP contribution is -2.50. The van der Waals surface area contributed by atoms with Crippen molar-refractivity contribution in [2.24, 2.45) is 5.41 Å². The molecule has 2 aliphatic heterocycles. The summed E-state index contributed by atoms with van der Waals surface area (Å²) in [6, 6.07) is -0.560. The number of hydrogen-bond acceptors (Lipinski definition) is 4. The topological polar surface area (TPSA) is 116 Å². The van der Waals surface area contributed by atoms with Crippen LogP contribution in [0.1, 0.15) is 26.7 Å². The second-order valence-corrected chi connectivity index (χ2v) is 5.92. The van der Waals surface area contributed by atoms with E-state index in [1.807, 2.05) is 0 Å². The van der Waals surface area contributed by atoms with Crippen molar-refractivity contribution in [3.8, 4) is 0 Å². The fourth-order valence-corrected chi connectivity index (χ4v) is 2.40. The second kappa shape index (κ2) is 4.46. The van der Waals surface area contributed by atoms with E-state index in [0.29, 0.717) is 13.0 Å². The van der Waals surface area contributed by atoms with Gasteiger partial charge in [0, 0.05) is 13.0 Å². The maximum absolute atomic E-state index is 12.1. The summed E-state index contributed by atoms with van der Waals surface area (Å²) in [6.45, 7) is 3.35. The van der Waals surface area contributed by atoms with Gasteiger partial charge >= 0.3 is 12.0 Å². The van der Waals surface area contributed by atoms with Crippen molar-refractivity contribution in [2.45, 2.75) is 32.2 Å². The molecule has 1 spiro atoms. The van der Waals surface area contributed by atoms with Crippen molar-refractivity contribution in [1.82, 2.24) is 15.5 Å². The molecule has 2 heterocycles. The van der Waals surface area contributed by atoms with E-state index >= 15 is 0 Å². The molecule has 0 aliphatic carbocycles. The van der Waals surface area contributed by atoms with E-state index in [1.165, 1.54) is 18.7 Å². The molecule has 2 saturated heterocycles. The van der Waals surface area contributed by atoms with Gasteiger partial charge in [0.1, 0.15) is 5.54 Å². The Bertz CT molecular complexity index is 501. The van der Waals surface area contributed by atoms with Gasteiger partial charge in [-0.05, 0) is 20.3 Å². The number of nitrogens with one attached hydrogen (secondary N) is 2. The highest BCUT2D eigenvalue weighted by Gasteiger charge is 2.52. The molecule has 20 heavy (non-hydrogen) atoms. The van der Waals surface area contributed by atoms with Crippen LogP contribution in [0.5, 0.6) is 0 Å². The lowest BCUT2D eigenvalue weighted by atomic mass is 9.89. The van der Waals surface area contributed by atoms with Crippen LogP contribution in [0.3, 0.4) is 0 Å². The third kappa shape index (κ3) is 2.33. The highest BCUT2D eigenvalue weighted by molar-refractivity contribution is 6.07. The van der Waals surface area contributed by atoms with Gasteiger partial charge < -0.3 is 15.3 Å². The van der Waals surface area contributed by atoms with Gasteiger partial charge in [-0.3, -0.25) is 19.7 Å². The number of carboxylic acid groups (broad SMARTS) is 1. The first-order valence-corrected chi connectivity index (χ1v) is 6.31. The summed E-state index contributed by atoms with van der Waals surface area (Å²) in [7, 11) is 0. The predicted octanol–water partition coefficient (Wildman–Crippen LogP) is -0.702. The molecule has 110 valence electrons. The van der Waals surface area contributed by atoms with Gasteiger partial charge in [-0.2, -0.15) is 0 Å². The minimum absolute atomic E-state index is 0.0824. The molecule has 1 atom stereocenters. The molecule has 8 nitrogen and oxygen atoms in total. The predicted molar refractivity (Wildman–Crippen MR) is 66.6 cm³/mol. The molecule has 0 aromatic heterocycles. The Kier molecular flexibility index (Phi) is 3.19. The van der Waals surface area contributed by atoms with Crippen molar-refractivity contribution in [3.63, 3.8) is 0 Å². The van der Waals surface area contributed by atoms with Gasteiger partial charge in [-0.25, -0.2) is 4.79 Å². The molecule has 8 heteroatoms. The third-order valence-electron chi connectivity index (χ3n) is 3.81. The molecule has 2 aliphatic rings. The Hall–Kier alpha value is -2.12. The number of hydrogen-bond donors (Lipinski definition) is 3. The first-order valence-electron chi connectivity index (χ1n) is 6.31. The standard InChI is InChI=1S/C12H17N3O5/c1-11(2,9(18)19)5-7(16)15-4-3-12(6-15)8(17)13-10(20)14-12/h3-6H2,1-2H3,(H,18,19)(H2,13,14,17,20). The number of carbonyl (C=O) groups excluding carboxylic acids is 3. The van der Waals surface area contributed by atoms with Crippen LogP contribution in [0.4, 0.5) is 4.79 Å². The normalized spacial score (nSPS) is 25.8. The summed E-state index contributed by atoms with van der Waals surface area (Å²) < 4.78 is 0. The Labute approximate surface area is 115 Å². The van der Waals surface area contributed by atoms with E-state index in [4.69, 9.17) is 5.11 Å². The lowest BCUT2D eigenvalue weighted by Gasteiger charge is -2.24. The Balaban J connectivity index is 2.03. The molecular formula is C12H17N3O5. The van der Waals surface area contributed by atoms with Crippen molar-refractivity contribution in [3.05, 3.63) is 0 Å². The molecule has 3 N–H and O–H groups in total. The van der Waals surface area contributed by atoms with Crippen molar-refractivity contribution in [1.29, 1.82) is 0 Å². The molecule has 0 aromatic carbocycles. The van der Waals surface area contributed by atoms with Gasteiger partial charge in [0.2, 0.25) is 5.91 Å². The lowest BCUT2D eigenvalue weighted by molar-refractivity contribution is -0.151. The van der Waals surface area contributed by atoms with Crippen LogP contribution in [0, 0.1) is 5.41 Å². The second-order valence-electron chi connectivity index (χ2n) is 5.92. The zero-order valence-electron chi connectivity index (χ0n) is 11.4. The number of nitrogens with zero attached hydrogens (tertiary/aromatic N) is 1. The zero-order valence-corrected chi connectivity index (χ0v) is 11.4. The van der Waals surface area contributed by atoms with Gasteiger partial charge in [-0.15, -0.1) is 0 Å². The highest BCUT2D eigenvalue weighted by Crippen LogP contribution is 2.28. The molecule has 1 unspecified atom stereocenters. The fraction of sp³-hybridized carbons (Fsp3) is 0.667. The maximum atomic E-state index is 12.1. The molecule has 0 aromatic rings. The molecule has 4 amide bonds. The van der Waals surface area contributed by atoms with E-state index in [-0.39, 0.29) is 18.9 Å². The molecule has 0 radical (unpaired) electrons. The number of amides is 4. The van der Waals surface area contributed by atoms with Crippen molar-refractivity contribution in [2.75, 3.05) is 13.1 Å². The summed E-state index contributed by atoms with van der Waals surface area (Å²) >= 11 is 0. The van der Waals surface area contributed by atoms with Gasteiger partial charge in [0.15, 0.2) is 0 Å². The van der Waals surface area contributed by atoms with E-state index in [0.717, 1.165) is 0 Å². The van der Waals surface area contributed by atoms with Gasteiger partial charge in [-0.1, -0.05) is 0 Å². The number of urea groups is 1. The summed E-state index contributed by atoms with van der Waals surface area (Å²) in [5.74, 6) is -1.81. The first-order chi connectivity index (χ1) is 9.16. The van der Waals surface area contributed by atoms with Gasteiger partial charge in [0.25, 0.3) is 5.91 Å². The van der Waals surface area contributed by atoms with Gasteiger partial charge in [0.05, 0.1) is 12.0 Å². The van der Waals surface area contributed by atoms with Crippen LogP contribution in [0.2, 0.25) is 0 Å². The van der Waals surface area contributed by atoms with Crippen LogP contribution in [0.15, 0.2) is 0 Å². The molecule has 2 fully saturated rings. The summed E-state index contributed by atoms with van der Waals surface area (Å²) in [4.78, 5) is 47.5. The Morgan fingerprint density at radius 2 is 2.05 bits per heavy atom. The first kappa shape index (κ1) is 14.3. The summed E-state index contributed by atoms with van der Waals surface area (Å²) in [5, 5.41) is 13.7. The quantitative estimate of drug-likeness (QED) is 0.592. The fourth-order valence-electron chi connectivity index (χ4n) is 2.40. The average molecular weight is 283 g/mol. The van der Waals surface area contributed by atoms with Crippen LogP contribution in [0.25, 0.3) is 0 Å². The SMILES string of the molecule is CC(C)(CC(=O)N1CCC2(C1)NC(=O)NC2=O)C(=O)O. The third-order valence-corrected chi connectivity index (χ3v) is 3.81. The number of aliphatic carboxylic acids is 1. The molecular weight excluding hydrogens is 266 g/mol. The van der Waals surface area contributed by atoms with Crippen LogP contribution < -0.4 is 10.6 Å². The zero-order chi connectivity index (χ0) is 15.1. The number of carbonyl (C=O) groups is 4. The summed E-state index contributed by atoms with van der Waals surface area (Å²) in [6.07, 6.45) is 0.192. The minimum Gasteiger partial charge on any atom is -0.481 e. The minimum atomic E-state index is -1.16. The number of likely N-dealkylation sites (tertiary alicyclic amines) is 1. The van der Waals surface area contributed by atoms with E-state index in [1.54, 1.807) is 0 Å². The monoisotopic (exact) mass is 283 g/mol. The van der Waals surface area contributed by atoms with Crippen LogP contribution in [-0.4, -0.2) is 52.4 Å². The number of imide groups is 1. The van der Waals surface area contributed by atoms with Crippen LogP contribution >= 0.6 is 0 Å². The van der Waals surface area contributed by atoms with Crippen molar-refractivity contribution < 1.29 is 24.3 Å². The average Bonchev–Trinajstić information content (AvgIpc) is 2.84. The molecule has 2 rings (SSSR count). The van der Waals surface area contributed by atoms with E-state index in [9.17, 15) is 19.2 Å². The smallest absolute Gasteiger partial charge is 0.322 e. The highest BCUT2D eigenvalue weighted by atomic mass is 16.4. The maximum Gasteiger partial charge on any atom is 0.322 e. The molecule has 0 bridgehead atoms. The molecule has 0 saturated carbocycles. The Morgan fingerprint density at radius 1 is 1.40 bits per heavy atom. The largest absolute Gasteiger partial charge is 0.481 e. The summed E-state index contributed by atoms with van der Waals surface area (Å²) in [5.41, 5.74) is -2.21. The number of rotatable bonds is 3. The van der Waals surface area contributed by atoms with E-state index in [2.05, 4.69) is 10.6 Å². The Morgan fingerprint density at radius 3 is 2.55 bits per heavy atom. The van der Waals surface area contributed by atoms with Crippen molar-refractivity contribution >= 4 is 23.8 Å². The van der Waals surface area contributed by atoms with E-state index < -0.39 is 28.9 Å². The number of carboxylic acids is 1.